The average Bonchev–Trinajstić information content (AvgIpc) is 3.03. The van der Waals surface area contributed by atoms with E-state index in [0.717, 1.165) is 38.7 Å². The number of benzene rings is 1. The molecule has 1 amide bonds. The fraction of sp³-hybridized carbons (Fsp3) is 0.143. The van der Waals surface area contributed by atoms with Crippen LogP contribution in [0.5, 0.6) is 0 Å². The highest BCUT2D eigenvalue weighted by atomic mass is 16.4. The molecule has 8 heteroatoms. The number of allylic oxidation sites excluding steroid dienone is 1. The van der Waals surface area contributed by atoms with E-state index in [1.807, 2.05) is 48.0 Å². The maximum absolute atomic E-state index is 11.2. The van der Waals surface area contributed by atoms with Crippen LogP contribution in [-0.2, 0) is 6.54 Å². The Bertz CT molecular complexity index is 1320. The number of nitrogens with two attached hydrogens (primary N) is 1. The van der Waals surface area contributed by atoms with E-state index in [4.69, 9.17) is 10.8 Å². The summed E-state index contributed by atoms with van der Waals surface area (Å²) < 4.78 is 2.01. The number of rotatable bonds is 2. The molecule has 144 valence electrons. The normalized spacial score (nSPS) is 15.9. The Morgan fingerprint density at radius 1 is 1.28 bits per heavy atom. The SMILES string of the molecule is CC1=CC(NC(=O)O)Cn2c1c(-c1cnc3ccccc3c1)c1c(N)ncnc12. The van der Waals surface area contributed by atoms with Crippen molar-refractivity contribution >= 4 is 39.4 Å². The standard InChI is InChI=1S/C21H18N6O2/c1-11-6-14(26-21(28)29)9-27-18(11)16(17-19(22)24-10-25-20(17)27)13-7-12-4-2-3-5-15(12)23-8-13/h2-8,10,14,26H,9H2,1H3,(H,28,29)(H2,22,24,25). The van der Waals surface area contributed by atoms with Crippen molar-refractivity contribution in [3.63, 3.8) is 0 Å². The van der Waals surface area contributed by atoms with Gasteiger partial charge in [-0.25, -0.2) is 14.8 Å². The Labute approximate surface area is 165 Å². The summed E-state index contributed by atoms with van der Waals surface area (Å²) >= 11 is 0. The number of hydrogen-bond acceptors (Lipinski definition) is 5. The molecule has 8 nitrogen and oxygen atoms in total. The Hall–Kier alpha value is -3.94. The van der Waals surface area contributed by atoms with E-state index >= 15 is 0 Å². The lowest BCUT2D eigenvalue weighted by Crippen LogP contribution is -2.37. The van der Waals surface area contributed by atoms with Crippen LogP contribution in [0, 0.1) is 0 Å². The smallest absolute Gasteiger partial charge is 0.405 e. The molecule has 0 saturated heterocycles. The lowest BCUT2D eigenvalue weighted by atomic mass is 9.97. The molecule has 4 N–H and O–H groups in total. The molecule has 0 radical (unpaired) electrons. The Balaban J connectivity index is 1.80. The largest absolute Gasteiger partial charge is 0.465 e. The lowest BCUT2D eigenvalue weighted by Gasteiger charge is -2.23. The van der Waals surface area contributed by atoms with Crippen molar-refractivity contribution in [3.05, 3.63) is 54.6 Å². The van der Waals surface area contributed by atoms with Gasteiger partial charge >= 0.3 is 6.09 Å². The van der Waals surface area contributed by atoms with E-state index in [1.54, 1.807) is 0 Å². The van der Waals surface area contributed by atoms with Gasteiger partial charge in [-0.15, -0.1) is 0 Å². The number of anilines is 1. The molecule has 5 rings (SSSR count). The predicted molar refractivity (Wildman–Crippen MR) is 111 cm³/mol. The second-order valence-corrected chi connectivity index (χ2v) is 7.11. The number of hydrogen-bond donors (Lipinski definition) is 3. The minimum absolute atomic E-state index is 0.352. The second kappa shape index (κ2) is 6.30. The number of nitrogens with one attached hydrogen (secondary N) is 1. The summed E-state index contributed by atoms with van der Waals surface area (Å²) in [7, 11) is 0. The Kier molecular flexibility index (Phi) is 3.73. The van der Waals surface area contributed by atoms with Crippen molar-refractivity contribution in [2.45, 2.75) is 19.5 Å². The van der Waals surface area contributed by atoms with Crippen LogP contribution in [0.1, 0.15) is 12.6 Å². The summed E-state index contributed by atoms with van der Waals surface area (Å²) in [5.74, 6) is 0.385. The number of pyridine rings is 1. The fourth-order valence-corrected chi connectivity index (χ4v) is 4.15. The lowest BCUT2D eigenvalue weighted by molar-refractivity contribution is 0.191. The van der Waals surface area contributed by atoms with E-state index in [0.29, 0.717) is 18.0 Å². The number of carbonyl (C=O) groups is 1. The molecule has 0 spiro atoms. The highest BCUT2D eigenvalue weighted by Crippen LogP contribution is 2.41. The first-order valence-corrected chi connectivity index (χ1v) is 9.19. The molecule has 29 heavy (non-hydrogen) atoms. The van der Waals surface area contributed by atoms with Crippen molar-refractivity contribution in [2.24, 2.45) is 0 Å². The second-order valence-electron chi connectivity index (χ2n) is 7.11. The quantitative estimate of drug-likeness (QED) is 0.486. The molecule has 3 aromatic heterocycles. The maximum Gasteiger partial charge on any atom is 0.405 e. The summed E-state index contributed by atoms with van der Waals surface area (Å²) in [5, 5.41) is 13.5. The molecule has 0 aliphatic carbocycles. The average molecular weight is 386 g/mol. The molecule has 0 fully saturated rings. The summed E-state index contributed by atoms with van der Waals surface area (Å²) in [5.41, 5.74) is 11.6. The minimum atomic E-state index is -1.06. The zero-order chi connectivity index (χ0) is 20.1. The van der Waals surface area contributed by atoms with Crippen molar-refractivity contribution in [3.8, 4) is 11.1 Å². The number of fused-ring (bicyclic) bond motifs is 4. The van der Waals surface area contributed by atoms with Crippen molar-refractivity contribution in [1.29, 1.82) is 0 Å². The molecule has 0 bridgehead atoms. The monoisotopic (exact) mass is 386 g/mol. The van der Waals surface area contributed by atoms with Crippen molar-refractivity contribution in [2.75, 3.05) is 5.73 Å². The van der Waals surface area contributed by atoms with Gasteiger partial charge in [-0.2, -0.15) is 0 Å². The maximum atomic E-state index is 11.2. The van der Waals surface area contributed by atoms with Crippen LogP contribution in [0.4, 0.5) is 10.6 Å². The number of aromatic nitrogens is 4. The number of para-hydroxylation sites is 1. The highest BCUT2D eigenvalue weighted by Gasteiger charge is 2.28. The first kappa shape index (κ1) is 17.2. The molecule has 1 atom stereocenters. The van der Waals surface area contributed by atoms with Gasteiger partial charge in [-0.05, 0) is 24.6 Å². The van der Waals surface area contributed by atoms with Gasteiger partial charge in [0.2, 0.25) is 0 Å². The van der Waals surface area contributed by atoms with Gasteiger partial charge in [0, 0.05) is 29.3 Å². The van der Waals surface area contributed by atoms with E-state index in [2.05, 4.69) is 26.3 Å². The summed E-state index contributed by atoms with van der Waals surface area (Å²) in [6.07, 6.45) is 4.12. The van der Waals surface area contributed by atoms with Crippen LogP contribution in [0.25, 0.3) is 38.6 Å². The van der Waals surface area contributed by atoms with Crippen LogP contribution in [0.2, 0.25) is 0 Å². The van der Waals surface area contributed by atoms with E-state index in [9.17, 15) is 4.79 Å². The third-order valence-corrected chi connectivity index (χ3v) is 5.26. The molecule has 1 aliphatic rings. The molecule has 1 aromatic carbocycles. The number of amides is 1. The topological polar surface area (TPSA) is 119 Å². The predicted octanol–water partition coefficient (Wildman–Crippen LogP) is 3.28. The molecule has 4 heterocycles. The van der Waals surface area contributed by atoms with Crippen LogP contribution < -0.4 is 11.1 Å². The van der Waals surface area contributed by atoms with E-state index in [-0.39, 0.29) is 6.04 Å². The molecule has 1 unspecified atom stereocenters. The van der Waals surface area contributed by atoms with Gasteiger partial charge in [0.05, 0.1) is 22.6 Å². The summed E-state index contributed by atoms with van der Waals surface area (Å²) in [4.78, 5) is 24.4. The zero-order valence-corrected chi connectivity index (χ0v) is 15.6. The van der Waals surface area contributed by atoms with Gasteiger partial charge in [-0.1, -0.05) is 24.3 Å². The number of nitrogens with zero attached hydrogens (tertiary/aromatic N) is 4. The molecule has 4 aromatic rings. The molecular formula is C21H18N6O2. The summed E-state index contributed by atoms with van der Waals surface area (Å²) in [6, 6.07) is 9.65. The first-order valence-electron chi connectivity index (χ1n) is 9.19. The third kappa shape index (κ3) is 2.68. The highest BCUT2D eigenvalue weighted by molar-refractivity contribution is 6.06. The van der Waals surface area contributed by atoms with Crippen LogP contribution in [-0.4, -0.2) is 36.8 Å². The van der Waals surface area contributed by atoms with Crippen molar-refractivity contribution in [1.82, 2.24) is 24.8 Å². The fourth-order valence-electron chi connectivity index (χ4n) is 4.15. The van der Waals surface area contributed by atoms with Gasteiger partial charge < -0.3 is 20.7 Å². The molecule has 0 saturated carbocycles. The number of nitrogen functional groups attached to an aromatic ring is 1. The van der Waals surface area contributed by atoms with Crippen molar-refractivity contribution < 1.29 is 9.90 Å². The van der Waals surface area contributed by atoms with Crippen LogP contribution >= 0.6 is 0 Å². The van der Waals surface area contributed by atoms with Gasteiger partial charge in [0.15, 0.2) is 0 Å². The first-order chi connectivity index (χ1) is 14.0. The number of carboxylic acid groups (broad SMARTS) is 1. The van der Waals surface area contributed by atoms with Gasteiger partial charge in [0.1, 0.15) is 17.8 Å². The molecule has 1 aliphatic heterocycles. The van der Waals surface area contributed by atoms with Crippen LogP contribution in [0.3, 0.4) is 0 Å². The minimum Gasteiger partial charge on any atom is -0.465 e. The Morgan fingerprint density at radius 3 is 2.93 bits per heavy atom. The van der Waals surface area contributed by atoms with Gasteiger partial charge in [-0.3, -0.25) is 4.98 Å². The van der Waals surface area contributed by atoms with Gasteiger partial charge in [0.25, 0.3) is 0 Å². The summed E-state index contributed by atoms with van der Waals surface area (Å²) in [6.45, 7) is 2.38. The third-order valence-electron chi connectivity index (χ3n) is 5.26. The Morgan fingerprint density at radius 2 is 2.10 bits per heavy atom. The van der Waals surface area contributed by atoms with E-state index in [1.165, 1.54) is 6.33 Å². The van der Waals surface area contributed by atoms with E-state index < -0.39 is 6.09 Å². The zero-order valence-electron chi connectivity index (χ0n) is 15.6. The van der Waals surface area contributed by atoms with Crippen LogP contribution in [0.15, 0.2) is 48.9 Å². The molecular weight excluding hydrogens is 368 g/mol.